The smallest absolute Gasteiger partial charge is 0.264 e. The first-order chi connectivity index (χ1) is 12.9. The van der Waals surface area contributed by atoms with Gasteiger partial charge in [0, 0.05) is 15.5 Å². The van der Waals surface area contributed by atoms with Crippen LogP contribution in [0.2, 0.25) is 5.02 Å². The van der Waals surface area contributed by atoms with Gasteiger partial charge >= 0.3 is 0 Å². The number of carbonyl (C=O) groups is 2. The summed E-state index contributed by atoms with van der Waals surface area (Å²) in [5.74, 6) is -0.271. The first-order valence-corrected chi connectivity index (χ1v) is 9.60. The van der Waals surface area contributed by atoms with Crippen LogP contribution in [0.4, 0.5) is 5.69 Å². The zero-order chi connectivity index (χ0) is 19.2. The SMILES string of the molecule is Cc1ccc(C(=O)CC2(O)C(=O)N(Cc3cccs3)c3ccc(Cl)cc32)o1. The Morgan fingerprint density at radius 3 is 2.78 bits per heavy atom. The van der Waals surface area contributed by atoms with Gasteiger partial charge < -0.3 is 14.4 Å². The van der Waals surface area contributed by atoms with Gasteiger partial charge in [-0.1, -0.05) is 17.7 Å². The molecule has 0 spiro atoms. The number of carbonyl (C=O) groups excluding carboxylic acids is 2. The number of rotatable bonds is 5. The number of Topliss-reactive ketones (excluding diaryl/α,β-unsaturated/α-hetero) is 1. The second-order valence-electron chi connectivity index (χ2n) is 6.50. The number of nitrogens with zero attached hydrogens (tertiary/aromatic N) is 1. The molecule has 3 heterocycles. The number of aryl methyl sites for hydroxylation is 1. The van der Waals surface area contributed by atoms with Crippen molar-refractivity contribution >= 4 is 40.3 Å². The van der Waals surface area contributed by atoms with Gasteiger partial charge in [0.1, 0.15) is 5.76 Å². The van der Waals surface area contributed by atoms with Crippen molar-refractivity contribution in [1.82, 2.24) is 0 Å². The molecule has 7 heteroatoms. The van der Waals surface area contributed by atoms with Gasteiger partial charge in [-0.2, -0.15) is 0 Å². The Morgan fingerprint density at radius 1 is 1.30 bits per heavy atom. The van der Waals surface area contributed by atoms with Crippen molar-refractivity contribution < 1.29 is 19.1 Å². The lowest BCUT2D eigenvalue weighted by Gasteiger charge is -2.22. The molecule has 2 aromatic heterocycles. The van der Waals surface area contributed by atoms with E-state index in [0.29, 0.717) is 28.6 Å². The summed E-state index contributed by atoms with van der Waals surface area (Å²) in [5, 5.41) is 13.6. The third-order valence-corrected chi connectivity index (χ3v) is 5.72. The highest BCUT2D eigenvalue weighted by Gasteiger charge is 2.51. The molecule has 138 valence electrons. The third kappa shape index (κ3) is 3.10. The number of furan rings is 1. The van der Waals surface area contributed by atoms with E-state index in [2.05, 4.69) is 0 Å². The first kappa shape index (κ1) is 18.0. The molecule has 0 saturated carbocycles. The van der Waals surface area contributed by atoms with E-state index in [4.69, 9.17) is 16.0 Å². The summed E-state index contributed by atoms with van der Waals surface area (Å²) >= 11 is 7.62. The molecule has 0 saturated heterocycles. The van der Waals surface area contributed by atoms with Crippen LogP contribution in [0, 0.1) is 6.92 Å². The predicted molar refractivity (Wildman–Crippen MR) is 103 cm³/mol. The van der Waals surface area contributed by atoms with Crippen molar-refractivity contribution in [2.24, 2.45) is 0 Å². The van der Waals surface area contributed by atoms with Crippen molar-refractivity contribution in [2.75, 3.05) is 4.90 Å². The Hall–Kier alpha value is -2.41. The molecule has 4 rings (SSSR count). The Morgan fingerprint density at radius 2 is 2.11 bits per heavy atom. The Balaban J connectivity index is 1.72. The lowest BCUT2D eigenvalue weighted by molar-refractivity contribution is -0.136. The molecule has 0 aliphatic carbocycles. The number of halogens is 1. The van der Waals surface area contributed by atoms with Crippen LogP contribution < -0.4 is 4.90 Å². The Kier molecular flexibility index (Phi) is 4.42. The molecule has 5 nitrogen and oxygen atoms in total. The summed E-state index contributed by atoms with van der Waals surface area (Å²) in [6.07, 6.45) is -0.410. The Bertz CT molecular complexity index is 1030. The molecule has 27 heavy (non-hydrogen) atoms. The van der Waals surface area contributed by atoms with Crippen LogP contribution in [-0.2, 0) is 16.9 Å². The monoisotopic (exact) mass is 401 g/mol. The third-order valence-electron chi connectivity index (χ3n) is 4.62. The van der Waals surface area contributed by atoms with Crippen LogP contribution in [0.5, 0.6) is 0 Å². The standard InChI is InChI=1S/C20H16ClNO4S/c1-12-4-7-18(26-12)17(23)10-20(25)15-9-13(21)5-6-16(15)22(19(20)24)11-14-3-2-8-27-14/h2-9,25H,10-11H2,1H3. The lowest BCUT2D eigenvalue weighted by atomic mass is 9.89. The van der Waals surface area contributed by atoms with Crippen LogP contribution in [0.15, 0.2) is 52.3 Å². The van der Waals surface area contributed by atoms with Gasteiger partial charge in [-0.3, -0.25) is 9.59 Å². The van der Waals surface area contributed by atoms with Gasteiger partial charge in [-0.15, -0.1) is 11.3 Å². The van der Waals surface area contributed by atoms with Gasteiger partial charge in [-0.25, -0.2) is 0 Å². The zero-order valence-electron chi connectivity index (χ0n) is 14.4. The minimum absolute atomic E-state index is 0.119. The molecule has 1 aliphatic rings. The number of amides is 1. The summed E-state index contributed by atoms with van der Waals surface area (Å²) in [4.78, 5) is 28.2. The quantitative estimate of drug-likeness (QED) is 0.646. The first-order valence-electron chi connectivity index (χ1n) is 8.35. The van der Waals surface area contributed by atoms with E-state index in [1.54, 1.807) is 37.3 Å². The molecular formula is C20H16ClNO4S. The van der Waals surface area contributed by atoms with Gasteiger partial charge in [0.15, 0.2) is 11.4 Å². The fourth-order valence-electron chi connectivity index (χ4n) is 3.31. The molecule has 1 unspecified atom stereocenters. The summed E-state index contributed by atoms with van der Waals surface area (Å²) in [6.45, 7) is 2.05. The highest BCUT2D eigenvalue weighted by molar-refractivity contribution is 7.09. The molecule has 0 fully saturated rings. The number of hydrogen-bond donors (Lipinski definition) is 1. The van der Waals surface area contributed by atoms with Gasteiger partial charge in [0.25, 0.3) is 5.91 Å². The minimum Gasteiger partial charge on any atom is -0.458 e. The number of anilines is 1. The van der Waals surface area contributed by atoms with Crippen LogP contribution in [0.25, 0.3) is 0 Å². The zero-order valence-corrected chi connectivity index (χ0v) is 16.0. The maximum atomic E-state index is 13.1. The van der Waals surface area contributed by atoms with E-state index in [9.17, 15) is 14.7 Å². The topological polar surface area (TPSA) is 70.8 Å². The van der Waals surface area contributed by atoms with Crippen LogP contribution in [0.3, 0.4) is 0 Å². The summed E-state index contributed by atoms with van der Waals surface area (Å²) in [5.41, 5.74) is -1.08. The molecule has 1 amide bonds. The van der Waals surface area contributed by atoms with Crippen molar-refractivity contribution in [3.05, 3.63) is 74.8 Å². The van der Waals surface area contributed by atoms with E-state index in [0.717, 1.165) is 4.88 Å². The second kappa shape index (κ2) is 6.64. The number of ketones is 1. The van der Waals surface area contributed by atoms with Crippen LogP contribution >= 0.6 is 22.9 Å². The van der Waals surface area contributed by atoms with Crippen LogP contribution in [0.1, 0.15) is 33.2 Å². The largest absolute Gasteiger partial charge is 0.458 e. The number of benzene rings is 1. The average Bonchev–Trinajstić information content (AvgIpc) is 3.33. The van der Waals surface area contributed by atoms with Gasteiger partial charge in [0.2, 0.25) is 5.78 Å². The molecule has 1 N–H and O–H groups in total. The van der Waals surface area contributed by atoms with Crippen molar-refractivity contribution in [1.29, 1.82) is 0 Å². The second-order valence-corrected chi connectivity index (χ2v) is 7.97. The molecule has 1 aliphatic heterocycles. The minimum atomic E-state index is -1.98. The van der Waals surface area contributed by atoms with Gasteiger partial charge in [-0.05, 0) is 48.7 Å². The van der Waals surface area contributed by atoms with Crippen molar-refractivity contribution in [2.45, 2.75) is 25.5 Å². The summed E-state index contributed by atoms with van der Waals surface area (Å²) in [7, 11) is 0. The van der Waals surface area contributed by atoms with E-state index in [1.807, 2.05) is 17.5 Å². The summed E-state index contributed by atoms with van der Waals surface area (Å²) < 4.78 is 5.35. The van der Waals surface area contributed by atoms with Crippen LogP contribution in [-0.4, -0.2) is 16.8 Å². The highest BCUT2D eigenvalue weighted by atomic mass is 35.5. The predicted octanol–water partition coefficient (Wildman–Crippen LogP) is 4.31. The maximum Gasteiger partial charge on any atom is 0.264 e. The fourth-order valence-corrected chi connectivity index (χ4v) is 4.18. The highest BCUT2D eigenvalue weighted by Crippen LogP contribution is 2.45. The van der Waals surface area contributed by atoms with E-state index in [-0.39, 0.29) is 5.76 Å². The number of hydrogen-bond acceptors (Lipinski definition) is 5. The molecule has 3 aromatic rings. The number of aliphatic hydroxyl groups is 1. The lowest BCUT2D eigenvalue weighted by Crippen LogP contribution is -2.41. The molecule has 0 radical (unpaired) electrons. The van der Waals surface area contributed by atoms with E-state index >= 15 is 0 Å². The number of thiophene rings is 1. The average molecular weight is 402 g/mol. The molecule has 1 aromatic carbocycles. The molecule has 0 bridgehead atoms. The molecule has 1 atom stereocenters. The maximum absolute atomic E-state index is 13.1. The number of fused-ring (bicyclic) bond motifs is 1. The van der Waals surface area contributed by atoms with Crippen molar-refractivity contribution in [3.63, 3.8) is 0 Å². The molecular weight excluding hydrogens is 386 g/mol. The van der Waals surface area contributed by atoms with E-state index < -0.39 is 23.7 Å². The summed E-state index contributed by atoms with van der Waals surface area (Å²) in [6, 6.07) is 11.9. The van der Waals surface area contributed by atoms with Gasteiger partial charge in [0.05, 0.1) is 18.7 Å². The van der Waals surface area contributed by atoms with Crippen molar-refractivity contribution in [3.8, 4) is 0 Å². The Labute approximate surface area is 164 Å². The van der Waals surface area contributed by atoms with E-state index in [1.165, 1.54) is 16.2 Å². The fraction of sp³-hybridized carbons (Fsp3) is 0.200. The normalized spacial score (nSPS) is 18.8.